The number of pyridine rings is 1. The Kier molecular flexibility index (Phi) is 3.35. The van der Waals surface area contributed by atoms with Gasteiger partial charge in [0.05, 0.1) is 10.6 Å². The van der Waals surface area contributed by atoms with Crippen molar-refractivity contribution in [1.82, 2.24) is 0 Å². The molecule has 3 nitrogen and oxygen atoms in total. The number of nitrogens with zero attached hydrogens (tertiary/aromatic N) is 1. The highest BCUT2D eigenvalue weighted by Gasteiger charge is 2.47. The Morgan fingerprint density at radius 3 is 2.73 bits per heavy atom. The summed E-state index contributed by atoms with van der Waals surface area (Å²) in [6.07, 6.45) is 6.79. The summed E-state index contributed by atoms with van der Waals surface area (Å²) in [5, 5.41) is 12.8. The molecule has 2 aromatic rings. The molecule has 4 heteroatoms. The Hall–Kier alpha value is -1.58. The number of halogens is 1. The molecule has 4 rings (SSSR count). The van der Waals surface area contributed by atoms with E-state index < -0.39 is 0 Å². The molecule has 2 heterocycles. The summed E-state index contributed by atoms with van der Waals surface area (Å²) in [7, 11) is 0. The van der Waals surface area contributed by atoms with Crippen LogP contribution in [-0.4, -0.2) is 0 Å². The van der Waals surface area contributed by atoms with Gasteiger partial charge in [0.1, 0.15) is 0 Å². The summed E-state index contributed by atoms with van der Waals surface area (Å²) < 4.78 is 7.37. The number of benzene rings is 1. The fraction of sp³-hybridized carbons (Fsp3) is 0.389. The van der Waals surface area contributed by atoms with Gasteiger partial charge in [-0.1, -0.05) is 55.1 Å². The minimum Gasteiger partial charge on any atom is -0.618 e. The molecule has 0 saturated heterocycles. The highest BCUT2D eigenvalue weighted by molar-refractivity contribution is 6.30. The SMILES string of the molecule is [O-][n+]1ccc(Cl)cc1C1OC2(CCCCC2)c2ccccc21. The van der Waals surface area contributed by atoms with E-state index >= 15 is 0 Å². The Morgan fingerprint density at radius 1 is 1.14 bits per heavy atom. The molecule has 22 heavy (non-hydrogen) atoms. The number of fused-ring (bicyclic) bond motifs is 2. The highest BCUT2D eigenvalue weighted by atomic mass is 35.5. The molecule has 1 saturated carbocycles. The average Bonchev–Trinajstić information content (AvgIpc) is 2.85. The predicted octanol–water partition coefficient (Wildman–Crippen LogP) is 4.25. The third-order valence-electron chi connectivity index (χ3n) is 4.92. The van der Waals surface area contributed by atoms with E-state index in [-0.39, 0.29) is 11.7 Å². The first-order valence-corrected chi connectivity index (χ1v) is 8.23. The molecule has 2 aliphatic rings. The van der Waals surface area contributed by atoms with E-state index in [0.717, 1.165) is 23.1 Å². The van der Waals surface area contributed by atoms with Crippen molar-refractivity contribution in [3.8, 4) is 0 Å². The molecule has 0 amide bonds. The highest BCUT2D eigenvalue weighted by Crippen LogP contribution is 2.52. The maximum absolute atomic E-state index is 12.2. The maximum atomic E-state index is 12.2. The van der Waals surface area contributed by atoms with Crippen LogP contribution in [-0.2, 0) is 10.3 Å². The van der Waals surface area contributed by atoms with Crippen LogP contribution in [0.5, 0.6) is 0 Å². The van der Waals surface area contributed by atoms with Gasteiger partial charge in [0.15, 0.2) is 12.3 Å². The van der Waals surface area contributed by atoms with Gasteiger partial charge in [-0.15, -0.1) is 0 Å². The zero-order valence-corrected chi connectivity index (χ0v) is 13.1. The molecule has 1 fully saturated rings. The largest absolute Gasteiger partial charge is 0.618 e. The van der Waals surface area contributed by atoms with Crippen molar-refractivity contribution in [2.75, 3.05) is 0 Å². The Morgan fingerprint density at radius 2 is 1.91 bits per heavy atom. The maximum Gasteiger partial charge on any atom is 0.227 e. The van der Waals surface area contributed by atoms with Gasteiger partial charge in [0, 0.05) is 12.1 Å². The molecule has 1 aromatic heterocycles. The van der Waals surface area contributed by atoms with E-state index in [1.807, 2.05) is 6.07 Å². The monoisotopic (exact) mass is 315 g/mol. The van der Waals surface area contributed by atoms with Crippen LogP contribution in [0.2, 0.25) is 5.02 Å². The van der Waals surface area contributed by atoms with Crippen molar-refractivity contribution in [1.29, 1.82) is 0 Å². The van der Waals surface area contributed by atoms with E-state index in [2.05, 4.69) is 18.2 Å². The summed E-state index contributed by atoms with van der Waals surface area (Å²) in [6, 6.07) is 11.6. The number of hydrogen-bond donors (Lipinski definition) is 0. The standard InChI is InChI=1S/C18H18ClNO2/c19-13-8-11-20(21)16(12-13)17-14-6-2-3-7-15(14)18(22-17)9-4-1-5-10-18/h2-3,6-8,11-12,17H,1,4-5,9-10H2. The topological polar surface area (TPSA) is 36.2 Å². The first-order valence-electron chi connectivity index (χ1n) is 7.85. The smallest absolute Gasteiger partial charge is 0.227 e. The molecule has 1 aromatic carbocycles. The lowest BCUT2D eigenvalue weighted by atomic mass is 9.79. The number of hydrogen-bond acceptors (Lipinski definition) is 2. The third-order valence-corrected chi connectivity index (χ3v) is 5.15. The van der Waals surface area contributed by atoms with Crippen molar-refractivity contribution in [2.24, 2.45) is 0 Å². The summed E-state index contributed by atoms with van der Waals surface area (Å²) in [6.45, 7) is 0. The van der Waals surface area contributed by atoms with Gasteiger partial charge >= 0.3 is 0 Å². The summed E-state index contributed by atoms with van der Waals surface area (Å²) in [5.41, 5.74) is 2.70. The zero-order chi connectivity index (χ0) is 15.2. The van der Waals surface area contributed by atoms with Gasteiger partial charge in [-0.3, -0.25) is 0 Å². The lowest BCUT2D eigenvalue weighted by Crippen LogP contribution is -2.35. The van der Waals surface area contributed by atoms with Crippen LogP contribution < -0.4 is 4.73 Å². The van der Waals surface area contributed by atoms with Gasteiger partial charge in [0.25, 0.3) is 0 Å². The van der Waals surface area contributed by atoms with Crippen LogP contribution in [0.3, 0.4) is 0 Å². The Labute approximate surface area is 135 Å². The van der Waals surface area contributed by atoms with Gasteiger partial charge < -0.3 is 9.94 Å². The molecule has 1 aliphatic carbocycles. The van der Waals surface area contributed by atoms with E-state index in [4.69, 9.17) is 16.3 Å². The number of aromatic nitrogens is 1. The lowest BCUT2D eigenvalue weighted by molar-refractivity contribution is -0.618. The summed E-state index contributed by atoms with van der Waals surface area (Å²) >= 11 is 6.09. The van der Waals surface area contributed by atoms with Crippen LogP contribution in [0.15, 0.2) is 42.6 Å². The molecule has 1 atom stereocenters. The molecular weight excluding hydrogens is 298 g/mol. The van der Waals surface area contributed by atoms with Crippen molar-refractivity contribution in [3.05, 3.63) is 69.6 Å². The van der Waals surface area contributed by atoms with Crippen molar-refractivity contribution >= 4 is 11.6 Å². The zero-order valence-electron chi connectivity index (χ0n) is 12.3. The van der Waals surface area contributed by atoms with E-state index in [1.165, 1.54) is 31.0 Å². The molecule has 114 valence electrons. The van der Waals surface area contributed by atoms with Crippen LogP contribution in [0.1, 0.15) is 55.0 Å². The normalized spacial score (nSPS) is 22.7. The minimum atomic E-state index is -0.328. The predicted molar refractivity (Wildman–Crippen MR) is 84.5 cm³/mol. The molecule has 0 radical (unpaired) electrons. The van der Waals surface area contributed by atoms with Crippen molar-refractivity contribution in [3.63, 3.8) is 0 Å². The molecule has 1 spiro atoms. The minimum absolute atomic E-state index is 0.227. The Balaban J connectivity index is 1.84. The molecular formula is C18H18ClNO2. The van der Waals surface area contributed by atoms with E-state index in [1.54, 1.807) is 12.1 Å². The quantitative estimate of drug-likeness (QED) is 0.582. The molecule has 1 aliphatic heterocycles. The second kappa shape index (κ2) is 5.25. The van der Waals surface area contributed by atoms with Crippen molar-refractivity contribution < 1.29 is 9.47 Å². The molecule has 0 N–H and O–H groups in total. The van der Waals surface area contributed by atoms with Gasteiger partial charge in [0.2, 0.25) is 5.69 Å². The first kappa shape index (κ1) is 14.0. The fourth-order valence-electron chi connectivity index (χ4n) is 3.89. The summed E-state index contributed by atoms with van der Waals surface area (Å²) in [4.78, 5) is 0. The van der Waals surface area contributed by atoms with Crippen LogP contribution in [0.25, 0.3) is 0 Å². The van der Waals surface area contributed by atoms with Crippen molar-refractivity contribution in [2.45, 2.75) is 43.8 Å². The van der Waals surface area contributed by atoms with E-state index in [0.29, 0.717) is 10.7 Å². The average molecular weight is 316 g/mol. The lowest BCUT2D eigenvalue weighted by Gasteiger charge is -2.34. The summed E-state index contributed by atoms with van der Waals surface area (Å²) in [5.74, 6) is 0. The fourth-order valence-corrected chi connectivity index (χ4v) is 4.06. The van der Waals surface area contributed by atoms with Gasteiger partial charge in [-0.2, -0.15) is 4.73 Å². The molecule has 1 unspecified atom stereocenters. The van der Waals surface area contributed by atoms with Gasteiger partial charge in [-0.05, 0) is 24.0 Å². The third kappa shape index (κ3) is 2.11. The van der Waals surface area contributed by atoms with Crippen LogP contribution in [0.4, 0.5) is 0 Å². The van der Waals surface area contributed by atoms with Crippen LogP contribution in [0, 0.1) is 5.21 Å². The van der Waals surface area contributed by atoms with Crippen LogP contribution >= 0.6 is 11.6 Å². The van der Waals surface area contributed by atoms with E-state index in [9.17, 15) is 5.21 Å². The second-order valence-corrected chi connectivity index (χ2v) is 6.67. The Bertz CT molecular complexity index is 710. The first-order chi connectivity index (χ1) is 10.7. The number of rotatable bonds is 1. The number of ether oxygens (including phenoxy) is 1. The van der Waals surface area contributed by atoms with Gasteiger partial charge in [-0.25, -0.2) is 0 Å². The second-order valence-electron chi connectivity index (χ2n) is 6.24. The molecule has 0 bridgehead atoms.